The number of aromatic amines is 1. The highest BCUT2D eigenvalue weighted by molar-refractivity contribution is 5.94. The van der Waals surface area contributed by atoms with Crippen LogP contribution in [0.1, 0.15) is 68.8 Å². The molecule has 220 valence electrons. The fraction of sp³-hybridized carbons (Fsp3) is 0.533. The molecule has 1 aliphatic carbocycles. The summed E-state index contributed by atoms with van der Waals surface area (Å²) in [5.41, 5.74) is 7.06. The lowest BCUT2D eigenvalue weighted by Gasteiger charge is -2.37. The molecule has 2 amide bonds. The number of aliphatic hydroxyl groups is 1. The third-order valence-corrected chi connectivity index (χ3v) is 8.60. The van der Waals surface area contributed by atoms with E-state index in [1.54, 1.807) is 6.20 Å². The molecule has 11 heteroatoms. The number of pyridine rings is 1. The van der Waals surface area contributed by atoms with E-state index in [1.165, 1.54) is 24.3 Å². The summed E-state index contributed by atoms with van der Waals surface area (Å²) >= 11 is 0. The van der Waals surface area contributed by atoms with Crippen LogP contribution in [0.2, 0.25) is 0 Å². The van der Waals surface area contributed by atoms with Crippen molar-refractivity contribution in [3.8, 4) is 5.88 Å². The van der Waals surface area contributed by atoms with Gasteiger partial charge < -0.3 is 25.1 Å². The summed E-state index contributed by atoms with van der Waals surface area (Å²) in [7, 11) is 0. The van der Waals surface area contributed by atoms with Crippen LogP contribution in [-0.4, -0.2) is 68.2 Å². The Labute approximate surface area is 238 Å². The first kappa shape index (κ1) is 28.9. The highest BCUT2D eigenvalue weighted by atomic mass is 19.1. The molecule has 10 nitrogen and oxygen atoms in total. The third kappa shape index (κ3) is 6.84. The molecule has 2 aliphatic rings. The van der Waals surface area contributed by atoms with Crippen LogP contribution in [0.15, 0.2) is 41.5 Å². The molecular weight excluding hydrogens is 527 g/mol. The Bertz CT molecular complexity index is 1440. The molecule has 0 bridgehead atoms. The van der Waals surface area contributed by atoms with Crippen molar-refractivity contribution in [3.05, 3.63) is 53.5 Å². The van der Waals surface area contributed by atoms with E-state index in [4.69, 9.17) is 10.5 Å². The van der Waals surface area contributed by atoms with Gasteiger partial charge in [0.15, 0.2) is 0 Å². The number of nitrogens with zero attached hydrogens (tertiary/aromatic N) is 4. The van der Waals surface area contributed by atoms with Gasteiger partial charge in [0.2, 0.25) is 17.4 Å². The van der Waals surface area contributed by atoms with Crippen LogP contribution < -0.4 is 16.1 Å². The minimum Gasteiger partial charge on any atom is -0.476 e. The fourth-order valence-corrected chi connectivity index (χ4v) is 6.06. The van der Waals surface area contributed by atoms with Gasteiger partial charge in [-0.05, 0) is 95.6 Å². The second-order valence-corrected chi connectivity index (χ2v) is 11.8. The monoisotopic (exact) mass is 566 g/mol. The molecule has 3 heterocycles. The van der Waals surface area contributed by atoms with E-state index in [0.29, 0.717) is 55.2 Å². The number of carbonyl (C=O) groups is 2. The number of primary amides is 1. The van der Waals surface area contributed by atoms with Crippen LogP contribution in [0, 0.1) is 17.7 Å². The normalized spacial score (nSPS) is 21.3. The zero-order valence-electron chi connectivity index (χ0n) is 23.7. The lowest BCUT2D eigenvalue weighted by molar-refractivity contribution is -0.122. The average Bonchev–Trinajstić information content (AvgIpc) is 3.30. The number of aromatic nitrogens is 3. The summed E-state index contributed by atoms with van der Waals surface area (Å²) in [5, 5.41) is 10.3. The van der Waals surface area contributed by atoms with Gasteiger partial charge in [0, 0.05) is 30.1 Å². The number of halogens is 1. The van der Waals surface area contributed by atoms with Crippen LogP contribution in [0.3, 0.4) is 0 Å². The first-order valence-corrected chi connectivity index (χ1v) is 14.4. The summed E-state index contributed by atoms with van der Waals surface area (Å²) in [4.78, 5) is 39.1. The zero-order chi connectivity index (χ0) is 29.1. The summed E-state index contributed by atoms with van der Waals surface area (Å²) < 4.78 is 21.4. The van der Waals surface area contributed by atoms with Crippen molar-refractivity contribution in [1.29, 1.82) is 0 Å². The summed E-state index contributed by atoms with van der Waals surface area (Å²) in [6, 6.07) is 7.13. The van der Waals surface area contributed by atoms with Crippen LogP contribution in [0.25, 0.3) is 11.0 Å². The lowest BCUT2D eigenvalue weighted by atomic mass is 9.83. The summed E-state index contributed by atoms with van der Waals surface area (Å²) in [6.07, 6.45) is 6.31. The standard InChI is InChI=1S/C30H39FN6O4/c1-30(2,40)21-11-13-36(14-12-21)15-16-41-26-17-25-24(18-33-26)34-29(35-28(39)20-3-7-22(31)8-4-20)37(25)23-9-5-19(6-10-23)27(32)38/h3-4,7-8,17-19,21,23,40H,5-6,9-16H2,1-2H3,(H2,32,38)(H,34,35,39)/t19-,23+. The molecule has 1 saturated heterocycles. The van der Waals surface area contributed by atoms with Gasteiger partial charge in [-0.15, -0.1) is 0 Å². The maximum atomic E-state index is 13.4. The number of H-pyrrole nitrogens is 1. The van der Waals surface area contributed by atoms with Crippen LogP contribution in [0.4, 0.5) is 4.39 Å². The number of benzene rings is 1. The Morgan fingerprint density at radius 3 is 2.46 bits per heavy atom. The topological polar surface area (TPSA) is 139 Å². The molecule has 2 fully saturated rings. The number of hydrogen-bond donors (Lipinski definition) is 3. The number of nitrogens with one attached hydrogen (secondary N) is 1. The second kappa shape index (κ2) is 12.1. The predicted molar refractivity (Wildman–Crippen MR) is 152 cm³/mol. The molecule has 1 aliphatic heterocycles. The number of fused-ring (bicyclic) bond motifs is 1. The molecule has 0 unspecified atom stereocenters. The molecule has 41 heavy (non-hydrogen) atoms. The van der Waals surface area contributed by atoms with Crippen LogP contribution in [0.5, 0.6) is 5.88 Å². The Morgan fingerprint density at radius 1 is 1.15 bits per heavy atom. The molecule has 3 aromatic rings. The first-order chi connectivity index (χ1) is 19.6. The van der Waals surface area contributed by atoms with E-state index in [2.05, 4.69) is 19.9 Å². The number of rotatable bonds is 8. The maximum Gasteiger partial charge on any atom is 0.280 e. The Kier molecular flexibility index (Phi) is 8.55. The number of imidazole rings is 1. The smallest absolute Gasteiger partial charge is 0.280 e. The largest absolute Gasteiger partial charge is 0.476 e. The zero-order valence-corrected chi connectivity index (χ0v) is 23.7. The highest BCUT2D eigenvalue weighted by Crippen LogP contribution is 2.33. The lowest BCUT2D eigenvalue weighted by Crippen LogP contribution is -2.43. The van der Waals surface area contributed by atoms with E-state index in [9.17, 15) is 19.1 Å². The first-order valence-electron chi connectivity index (χ1n) is 14.4. The van der Waals surface area contributed by atoms with Crippen molar-refractivity contribution in [3.63, 3.8) is 0 Å². The van der Waals surface area contributed by atoms with Crippen molar-refractivity contribution in [2.45, 2.75) is 64.0 Å². The molecule has 0 atom stereocenters. The quantitative estimate of drug-likeness (QED) is 0.382. The van der Waals surface area contributed by atoms with Crippen molar-refractivity contribution in [2.75, 3.05) is 26.2 Å². The number of likely N-dealkylation sites (tertiary alicyclic amines) is 1. The molecule has 5 rings (SSSR count). The number of nitrogens with two attached hydrogens (primary N) is 1. The van der Waals surface area contributed by atoms with Gasteiger partial charge in [-0.2, -0.15) is 4.99 Å². The number of piperidine rings is 1. The van der Waals surface area contributed by atoms with Gasteiger partial charge in [0.05, 0.1) is 22.8 Å². The van der Waals surface area contributed by atoms with Crippen LogP contribution in [-0.2, 0) is 4.79 Å². The van der Waals surface area contributed by atoms with E-state index in [1.807, 2.05) is 24.5 Å². The van der Waals surface area contributed by atoms with Gasteiger partial charge in [-0.3, -0.25) is 14.5 Å². The minimum absolute atomic E-state index is 0.00793. The fourth-order valence-electron chi connectivity index (χ4n) is 6.06. The van der Waals surface area contributed by atoms with Gasteiger partial charge in [0.25, 0.3) is 5.91 Å². The third-order valence-electron chi connectivity index (χ3n) is 8.60. The second-order valence-electron chi connectivity index (χ2n) is 11.8. The SMILES string of the molecule is CC(C)(O)C1CCN(CCOc2cc3c(cn2)[nH]/c(=N\C(=O)c2ccc(F)cc2)n3[C@H]2CC[C@@H](C(N)=O)CC2)CC1. The van der Waals surface area contributed by atoms with E-state index < -0.39 is 17.3 Å². The number of ether oxygens (including phenoxy) is 1. The Morgan fingerprint density at radius 2 is 1.83 bits per heavy atom. The van der Waals surface area contributed by atoms with Crippen molar-refractivity contribution >= 4 is 22.8 Å². The molecule has 4 N–H and O–H groups in total. The van der Waals surface area contributed by atoms with E-state index in [-0.39, 0.29) is 23.4 Å². The molecule has 0 radical (unpaired) electrons. The van der Waals surface area contributed by atoms with Gasteiger partial charge in [-0.1, -0.05) is 0 Å². The maximum absolute atomic E-state index is 13.4. The number of carbonyl (C=O) groups excluding carboxylic acids is 2. The Balaban J connectivity index is 1.36. The summed E-state index contributed by atoms with van der Waals surface area (Å²) in [6.45, 7) is 6.83. The number of amides is 2. The highest BCUT2D eigenvalue weighted by Gasteiger charge is 2.30. The van der Waals surface area contributed by atoms with Crippen LogP contribution >= 0.6 is 0 Å². The Hall–Kier alpha value is -3.57. The van der Waals surface area contributed by atoms with Gasteiger partial charge in [-0.25, -0.2) is 9.37 Å². The number of hydrogen-bond acceptors (Lipinski definition) is 6. The van der Waals surface area contributed by atoms with E-state index in [0.717, 1.165) is 38.0 Å². The predicted octanol–water partition coefficient (Wildman–Crippen LogP) is 3.32. The molecule has 1 saturated carbocycles. The average molecular weight is 567 g/mol. The molecule has 0 spiro atoms. The molecule has 1 aromatic carbocycles. The van der Waals surface area contributed by atoms with E-state index >= 15 is 0 Å². The van der Waals surface area contributed by atoms with Gasteiger partial charge in [0.1, 0.15) is 12.4 Å². The van der Waals surface area contributed by atoms with Gasteiger partial charge >= 0.3 is 0 Å². The van der Waals surface area contributed by atoms with Crippen molar-refractivity contribution in [1.82, 2.24) is 19.4 Å². The van der Waals surface area contributed by atoms with Crippen molar-refractivity contribution in [2.24, 2.45) is 22.6 Å². The summed E-state index contributed by atoms with van der Waals surface area (Å²) in [5.74, 6) is -0.584. The van der Waals surface area contributed by atoms with Crippen molar-refractivity contribution < 1.29 is 23.8 Å². The minimum atomic E-state index is -0.651. The molecule has 2 aromatic heterocycles. The molecular formula is C30H39FN6O4.